The lowest BCUT2D eigenvalue weighted by molar-refractivity contribution is 0.159. The molecule has 5 nitrogen and oxygen atoms in total. The van der Waals surface area contributed by atoms with Gasteiger partial charge in [0.1, 0.15) is 5.82 Å². The number of ether oxygens (including phenoxy) is 3. The molecule has 3 aromatic rings. The highest BCUT2D eigenvalue weighted by atomic mass is 32.2. The van der Waals surface area contributed by atoms with Gasteiger partial charge in [-0.3, -0.25) is 4.90 Å². The summed E-state index contributed by atoms with van der Waals surface area (Å²) in [4.78, 5) is 3.23. The molecule has 0 saturated heterocycles. The second kappa shape index (κ2) is 10.4. The standard InChI is InChI=1S/C28H30FNO4S/c1-4-32-26-13-19-11-24-23-16-25(31-3)28(34-35-22-8-6-7-21(29)15-22)12-18(23)9-10-30(24)17-20(19)14-27(26)33-5-2/h6-8,12-16,24H,4-5,9-11,17H2,1-3H3. The van der Waals surface area contributed by atoms with Gasteiger partial charge in [0.2, 0.25) is 0 Å². The highest BCUT2D eigenvalue weighted by Crippen LogP contribution is 2.45. The SMILES string of the molecule is CCOc1cc2c(cc1OCC)CN1CCc3cc(OSc4cccc(F)c4)c(OC)cc3C1C2. The van der Waals surface area contributed by atoms with E-state index in [1.165, 1.54) is 34.4 Å². The number of hydrogen-bond acceptors (Lipinski definition) is 6. The summed E-state index contributed by atoms with van der Waals surface area (Å²) in [7, 11) is 1.65. The molecular formula is C28H30FNO4S. The average molecular weight is 496 g/mol. The maximum Gasteiger partial charge on any atom is 0.179 e. The van der Waals surface area contributed by atoms with Crippen LogP contribution in [-0.4, -0.2) is 31.8 Å². The zero-order chi connectivity index (χ0) is 24.4. The fourth-order valence-corrected chi connectivity index (χ4v) is 5.58. The summed E-state index contributed by atoms with van der Waals surface area (Å²) in [6, 6.07) is 15.1. The Kier molecular flexibility index (Phi) is 7.07. The van der Waals surface area contributed by atoms with Crippen molar-refractivity contribution in [3.8, 4) is 23.0 Å². The Morgan fingerprint density at radius 3 is 2.37 bits per heavy atom. The van der Waals surface area contributed by atoms with E-state index in [4.69, 9.17) is 18.4 Å². The van der Waals surface area contributed by atoms with Gasteiger partial charge in [0.15, 0.2) is 23.0 Å². The molecule has 0 bridgehead atoms. The summed E-state index contributed by atoms with van der Waals surface area (Å²) >= 11 is 1.14. The van der Waals surface area contributed by atoms with Gasteiger partial charge in [-0.25, -0.2) is 4.39 Å². The molecule has 0 spiro atoms. The Balaban J connectivity index is 1.42. The Morgan fingerprint density at radius 1 is 0.914 bits per heavy atom. The summed E-state index contributed by atoms with van der Waals surface area (Å²) in [6.45, 7) is 7.05. The van der Waals surface area contributed by atoms with Gasteiger partial charge in [0.05, 0.1) is 37.3 Å². The van der Waals surface area contributed by atoms with Crippen LogP contribution in [0, 0.1) is 5.82 Å². The second-order valence-electron chi connectivity index (χ2n) is 8.70. The molecule has 5 rings (SSSR count). The summed E-state index contributed by atoms with van der Waals surface area (Å²) in [5.41, 5.74) is 5.14. The molecule has 0 radical (unpaired) electrons. The van der Waals surface area contributed by atoms with Gasteiger partial charge in [0.25, 0.3) is 0 Å². The van der Waals surface area contributed by atoms with Crippen LogP contribution in [0.5, 0.6) is 23.0 Å². The van der Waals surface area contributed by atoms with Crippen molar-refractivity contribution in [2.45, 2.75) is 44.2 Å². The molecule has 2 aliphatic rings. The topological polar surface area (TPSA) is 40.2 Å². The van der Waals surface area contributed by atoms with Gasteiger partial charge >= 0.3 is 0 Å². The van der Waals surface area contributed by atoms with Crippen molar-refractivity contribution in [3.63, 3.8) is 0 Å². The normalized spacial score (nSPS) is 16.6. The lowest BCUT2D eigenvalue weighted by atomic mass is 9.83. The second-order valence-corrected chi connectivity index (χ2v) is 9.50. The minimum Gasteiger partial charge on any atom is -0.493 e. The molecule has 0 aromatic heterocycles. The van der Waals surface area contributed by atoms with E-state index in [0.29, 0.717) is 29.6 Å². The monoisotopic (exact) mass is 495 g/mol. The smallest absolute Gasteiger partial charge is 0.179 e. The maximum absolute atomic E-state index is 13.5. The van der Waals surface area contributed by atoms with Gasteiger partial charge < -0.3 is 18.4 Å². The van der Waals surface area contributed by atoms with Gasteiger partial charge in [-0.05, 0) is 91.4 Å². The zero-order valence-corrected chi connectivity index (χ0v) is 21.1. The number of methoxy groups -OCH3 is 1. The number of fused-ring (bicyclic) bond motifs is 4. The van der Waals surface area contributed by atoms with Gasteiger partial charge in [-0.1, -0.05) is 6.07 Å². The molecule has 0 aliphatic carbocycles. The highest BCUT2D eigenvalue weighted by Gasteiger charge is 2.34. The first-order chi connectivity index (χ1) is 17.1. The van der Waals surface area contributed by atoms with Crippen LogP contribution in [0.1, 0.15) is 42.1 Å². The molecule has 184 valence electrons. The quantitative estimate of drug-likeness (QED) is 0.338. The third-order valence-electron chi connectivity index (χ3n) is 6.57. The molecule has 35 heavy (non-hydrogen) atoms. The minimum atomic E-state index is -0.283. The van der Waals surface area contributed by atoms with E-state index in [0.717, 1.165) is 49.5 Å². The largest absolute Gasteiger partial charge is 0.493 e. The number of rotatable bonds is 8. The van der Waals surface area contributed by atoms with Gasteiger partial charge in [-0.2, -0.15) is 0 Å². The van der Waals surface area contributed by atoms with Crippen molar-refractivity contribution in [2.24, 2.45) is 0 Å². The minimum absolute atomic E-state index is 0.262. The first-order valence-electron chi connectivity index (χ1n) is 12.1. The van der Waals surface area contributed by atoms with Crippen molar-refractivity contribution in [3.05, 3.63) is 76.6 Å². The van der Waals surface area contributed by atoms with E-state index in [9.17, 15) is 4.39 Å². The predicted molar refractivity (Wildman–Crippen MR) is 135 cm³/mol. The summed E-state index contributed by atoms with van der Waals surface area (Å²) in [5, 5.41) is 0. The lowest BCUT2D eigenvalue weighted by Crippen LogP contribution is -2.39. The van der Waals surface area contributed by atoms with Crippen LogP contribution in [0.4, 0.5) is 4.39 Å². The fraction of sp³-hybridized carbons (Fsp3) is 0.357. The Bertz CT molecular complexity index is 1220. The van der Waals surface area contributed by atoms with Crippen molar-refractivity contribution in [1.29, 1.82) is 0 Å². The van der Waals surface area contributed by atoms with Gasteiger partial charge in [0, 0.05) is 19.1 Å². The predicted octanol–water partition coefficient (Wildman–Crippen LogP) is 6.37. The molecule has 3 aromatic carbocycles. The third-order valence-corrected chi connectivity index (χ3v) is 7.28. The van der Waals surface area contributed by atoms with Crippen LogP contribution >= 0.6 is 12.0 Å². The van der Waals surface area contributed by atoms with Crippen LogP contribution in [0.15, 0.2) is 53.4 Å². The molecule has 0 saturated carbocycles. The molecular weight excluding hydrogens is 465 g/mol. The zero-order valence-electron chi connectivity index (χ0n) is 20.3. The van der Waals surface area contributed by atoms with Gasteiger partial charge in [-0.15, -0.1) is 0 Å². The van der Waals surface area contributed by atoms with Crippen LogP contribution in [0.3, 0.4) is 0 Å². The van der Waals surface area contributed by atoms with Crippen molar-refractivity contribution < 1.29 is 22.8 Å². The van der Waals surface area contributed by atoms with E-state index >= 15 is 0 Å². The summed E-state index contributed by atoms with van der Waals surface area (Å²) in [6.07, 6.45) is 1.83. The van der Waals surface area contributed by atoms with Crippen molar-refractivity contribution in [1.82, 2.24) is 4.90 Å². The molecule has 1 atom stereocenters. The molecule has 0 amide bonds. The first-order valence-corrected chi connectivity index (χ1v) is 12.8. The molecule has 7 heteroatoms. The number of nitrogens with zero attached hydrogens (tertiary/aromatic N) is 1. The summed E-state index contributed by atoms with van der Waals surface area (Å²) in [5.74, 6) is 2.69. The highest BCUT2D eigenvalue weighted by molar-refractivity contribution is 7.95. The van der Waals surface area contributed by atoms with Crippen LogP contribution in [0.2, 0.25) is 0 Å². The van der Waals surface area contributed by atoms with E-state index in [1.807, 2.05) is 19.9 Å². The van der Waals surface area contributed by atoms with E-state index < -0.39 is 0 Å². The van der Waals surface area contributed by atoms with Crippen molar-refractivity contribution in [2.75, 3.05) is 26.9 Å². The van der Waals surface area contributed by atoms with Crippen molar-refractivity contribution >= 4 is 12.0 Å². The molecule has 0 fully saturated rings. The Hall–Kier alpha value is -2.90. The average Bonchev–Trinajstić information content (AvgIpc) is 2.86. The number of halogens is 1. The molecule has 1 unspecified atom stereocenters. The Morgan fingerprint density at radius 2 is 1.66 bits per heavy atom. The fourth-order valence-electron chi connectivity index (χ4n) is 4.97. The molecule has 2 aliphatic heterocycles. The summed E-state index contributed by atoms with van der Waals surface area (Å²) < 4.78 is 37.0. The van der Waals surface area contributed by atoms with Crippen LogP contribution in [-0.2, 0) is 19.4 Å². The van der Waals surface area contributed by atoms with E-state index in [2.05, 4.69) is 29.2 Å². The maximum atomic E-state index is 13.5. The number of benzene rings is 3. The van der Waals surface area contributed by atoms with Crippen LogP contribution < -0.4 is 18.4 Å². The first kappa shape index (κ1) is 23.8. The third kappa shape index (κ3) is 4.93. The molecule has 0 N–H and O–H groups in total. The van der Waals surface area contributed by atoms with E-state index in [1.54, 1.807) is 13.2 Å². The number of hydrogen-bond donors (Lipinski definition) is 0. The molecule has 2 heterocycles. The lowest BCUT2D eigenvalue weighted by Gasteiger charge is -2.42. The van der Waals surface area contributed by atoms with E-state index in [-0.39, 0.29) is 11.9 Å². The Labute approximate surface area is 210 Å². The van der Waals surface area contributed by atoms with Crippen LogP contribution in [0.25, 0.3) is 0 Å².